The lowest BCUT2D eigenvalue weighted by atomic mass is 10.2. The number of aromatic nitrogens is 3. The van der Waals surface area contributed by atoms with Crippen LogP contribution in [0.1, 0.15) is 11.3 Å². The average Bonchev–Trinajstić information content (AvgIpc) is 2.48. The van der Waals surface area contributed by atoms with Crippen molar-refractivity contribution in [3.8, 4) is 0 Å². The summed E-state index contributed by atoms with van der Waals surface area (Å²) in [5, 5.41) is 13.8. The van der Waals surface area contributed by atoms with Gasteiger partial charge in [0.05, 0.1) is 40.2 Å². The largest absolute Gasteiger partial charge is 0.372 e. The van der Waals surface area contributed by atoms with Crippen LogP contribution in [0.25, 0.3) is 0 Å². The van der Waals surface area contributed by atoms with Gasteiger partial charge in [0.15, 0.2) is 0 Å². The molecule has 0 aliphatic heterocycles. The Kier molecular flexibility index (Phi) is 4.32. The van der Waals surface area contributed by atoms with Gasteiger partial charge in [-0.15, -0.1) is 0 Å². The maximum absolute atomic E-state index is 12.1. The predicted molar refractivity (Wildman–Crippen MR) is 80.5 cm³/mol. The molecule has 0 atom stereocenters. The van der Waals surface area contributed by atoms with E-state index in [1.165, 1.54) is 30.1 Å². The molecule has 2 aromatic rings. The minimum atomic E-state index is -0.522. The topological polar surface area (TPSA) is 103 Å². The smallest absolute Gasteiger partial charge is 0.289 e. The van der Waals surface area contributed by atoms with Crippen molar-refractivity contribution in [3.05, 3.63) is 54.8 Å². The molecular formula is C12H12BrN5O3. The van der Waals surface area contributed by atoms with Crippen LogP contribution in [0.2, 0.25) is 0 Å². The first kappa shape index (κ1) is 15.1. The number of hydrogen-bond donors (Lipinski definition) is 1. The normalized spacial score (nSPS) is 10.4. The molecule has 0 amide bonds. The van der Waals surface area contributed by atoms with E-state index >= 15 is 0 Å². The number of pyridine rings is 1. The van der Waals surface area contributed by atoms with E-state index in [0.717, 1.165) is 0 Å². The standard InChI is InChI=1S/C12H12BrN5O3/c1-7-9(18(20)21)6-17(12(19)11(7)13)5-8-3-16-10(14-2)4-15-8/h3-4,6H,5H2,1-2H3,(H,14,16). The van der Waals surface area contributed by atoms with Crippen LogP contribution in [0.15, 0.2) is 27.9 Å². The fourth-order valence-electron chi connectivity index (χ4n) is 1.74. The number of hydrogen-bond acceptors (Lipinski definition) is 6. The first-order valence-electron chi connectivity index (χ1n) is 5.96. The van der Waals surface area contributed by atoms with E-state index in [1.54, 1.807) is 7.05 Å². The Morgan fingerprint density at radius 2 is 2.14 bits per heavy atom. The molecule has 0 spiro atoms. The number of anilines is 1. The van der Waals surface area contributed by atoms with Gasteiger partial charge < -0.3 is 9.88 Å². The third-order valence-corrected chi connectivity index (χ3v) is 3.86. The molecule has 0 saturated carbocycles. The molecule has 0 saturated heterocycles. The first-order chi connectivity index (χ1) is 9.93. The van der Waals surface area contributed by atoms with E-state index in [-0.39, 0.29) is 22.3 Å². The SMILES string of the molecule is CNc1cnc(Cn2cc([N+](=O)[O-])c(C)c(Br)c2=O)cn1. The minimum Gasteiger partial charge on any atom is -0.372 e. The summed E-state index contributed by atoms with van der Waals surface area (Å²) >= 11 is 3.10. The lowest BCUT2D eigenvalue weighted by molar-refractivity contribution is -0.386. The molecule has 0 fully saturated rings. The minimum absolute atomic E-state index is 0.107. The van der Waals surface area contributed by atoms with E-state index < -0.39 is 4.92 Å². The summed E-state index contributed by atoms with van der Waals surface area (Å²) in [5.74, 6) is 0.599. The van der Waals surface area contributed by atoms with Crippen molar-refractivity contribution in [3.63, 3.8) is 0 Å². The molecule has 21 heavy (non-hydrogen) atoms. The number of nitrogens with zero attached hydrogens (tertiary/aromatic N) is 4. The van der Waals surface area contributed by atoms with Crippen molar-refractivity contribution < 1.29 is 4.92 Å². The molecule has 0 aliphatic carbocycles. The van der Waals surface area contributed by atoms with Crippen LogP contribution in [0.5, 0.6) is 0 Å². The summed E-state index contributed by atoms with van der Waals surface area (Å²) in [6, 6.07) is 0. The van der Waals surface area contributed by atoms with Gasteiger partial charge in [-0.05, 0) is 22.9 Å². The zero-order chi connectivity index (χ0) is 15.6. The molecule has 110 valence electrons. The molecule has 2 aromatic heterocycles. The molecule has 0 aliphatic rings. The fourth-order valence-corrected chi connectivity index (χ4v) is 2.17. The molecule has 9 heteroatoms. The highest BCUT2D eigenvalue weighted by Gasteiger charge is 2.18. The van der Waals surface area contributed by atoms with Crippen molar-refractivity contribution >= 4 is 27.4 Å². The highest BCUT2D eigenvalue weighted by Crippen LogP contribution is 2.22. The summed E-state index contributed by atoms with van der Waals surface area (Å²) < 4.78 is 1.41. The Morgan fingerprint density at radius 3 is 2.67 bits per heavy atom. The molecule has 0 unspecified atom stereocenters. The zero-order valence-electron chi connectivity index (χ0n) is 11.3. The molecule has 0 aromatic carbocycles. The molecule has 0 bridgehead atoms. The lowest BCUT2D eigenvalue weighted by Crippen LogP contribution is -2.23. The molecule has 2 heterocycles. The summed E-state index contributed by atoms with van der Waals surface area (Å²) in [6.45, 7) is 1.63. The summed E-state index contributed by atoms with van der Waals surface area (Å²) in [6.07, 6.45) is 4.26. The van der Waals surface area contributed by atoms with Gasteiger partial charge in [-0.1, -0.05) is 0 Å². The van der Waals surface area contributed by atoms with Crippen LogP contribution in [-0.2, 0) is 6.54 Å². The van der Waals surface area contributed by atoms with Gasteiger partial charge in [-0.25, -0.2) is 4.98 Å². The van der Waals surface area contributed by atoms with Crippen molar-refractivity contribution in [2.45, 2.75) is 13.5 Å². The molecular weight excluding hydrogens is 342 g/mol. The number of nitro groups is 1. The Hall–Kier alpha value is -2.29. The Morgan fingerprint density at radius 1 is 1.43 bits per heavy atom. The van der Waals surface area contributed by atoms with Gasteiger partial charge in [-0.3, -0.25) is 19.9 Å². The van der Waals surface area contributed by atoms with E-state index in [1.807, 2.05) is 0 Å². The third-order valence-electron chi connectivity index (χ3n) is 2.93. The van der Waals surface area contributed by atoms with Crippen LogP contribution in [0.3, 0.4) is 0 Å². The van der Waals surface area contributed by atoms with Crippen LogP contribution in [0, 0.1) is 17.0 Å². The Bertz CT molecular complexity index is 742. The number of halogens is 1. The van der Waals surface area contributed by atoms with Crippen LogP contribution in [-0.4, -0.2) is 26.5 Å². The zero-order valence-corrected chi connectivity index (χ0v) is 12.9. The van der Waals surface area contributed by atoms with Gasteiger partial charge in [0, 0.05) is 12.6 Å². The van der Waals surface area contributed by atoms with Gasteiger partial charge in [0.25, 0.3) is 11.2 Å². The second-order valence-corrected chi connectivity index (χ2v) is 5.08. The van der Waals surface area contributed by atoms with Gasteiger partial charge >= 0.3 is 0 Å². The van der Waals surface area contributed by atoms with Gasteiger partial charge in [-0.2, -0.15) is 0 Å². The van der Waals surface area contributed by atoms with Crippen LogP contribution < -0.4 is 10.9 Å². The van der Waals surface area contributed by atoms with Crippen molar-refractivity contribution in [1.82, 2.24) is 14.5 Å². The molecule has 1 N–H and O–H groups in total. The summed E-state index contributed by atoms with van der Waals surface area (Å²) in [7, 11) is 1.72. The Labute approximate surface area is 128 Å². The highest BCUT2D eigenvalue weighted by molar-refractivity contribution is 9.10. The van der Waals surface area contributed by atoms with Crippen molar-refractivity contribution in [1.29, 1.82) is 0 Å². The number of nitrogens with one attached hydrogen (secondary N) is 1. The molecule has 0 radical (unpaired) electrons. The van der Waals surface area contributed by atoms with E-state index in [0.29, 0.717) is 17.1 Å². The van der Waals surface area contributed by atoms with Crippen molar-refractivity contribution in [2.75, 3.05) is 12.4 Å². The maximum atomic E-state index is 12.1. The average molecular weight is 354 g/mol. The van der Waals surface area contributed by atoms with Gasteiger partial charge in [0.1, 0.15) is 5.82 Å². The molecule has 2 rings (SSSR count). The fraction of sp³-hybridized carbons (Fsp3) is 0.250. The lowest BCUT2D eigenvalue weighted by Gasteiger charge is -2.08. The highest BCUT2D eigenvalue weighted by atomic mass is 79.9. The van der Waals surface area contributed by atoms with Crippen molar-refractivity contribution in [2.24, 2.45) is 0 Å². The second-order valence-electron chi connectivity index (χ2n) is 4.29. The van der Waals surface area contributed by atoms with E-state index in [2.05, 4.69) is 31.2 Å². The first-order valence-corrected chi connectivity index (χ1v) is 6.76. The summed E-state index contributed by atoms with van der Waals surface area (Å²) in [4.78, 5) is 30.8. The summed E-state index contributed by atoms with van der Waals surface area (Å²) in [5.41, 5.74) is 0.359. The van der Waals surface area contributed by atoms with Crippen LogP contribution in [0.4, 0.5) is 11.5 Å². The van der Waals surface area contributed by atoms with E-state index in [9.17, 15) is 14.9 Å². The molecule has 8 nitrogen and oxygen atoms in total. The maximum Gasteiger partial charge on any atom is 0.289 e. The Balaban J connectivity index is 2.43. The predicted octanol–water partition coefficient (Wildman–Crippen LogP) is 1.71. The third kappa shape index (κ3) is 3.07. The second kappa shape index (κ2) is 6.00. The van der Waals surface area contributed by atoms with Gasteiger partial charge in [0.2, 0.25) is 0 Å². The number of rotatable bonds is 4. The quantitative estimate of drug-likeness (QED) is 0.662. The van der Waals surface area contributed by atoms with E-state index in [4.69, 9.17) is 0 Å². The monoisotopic (exact) mass is 353 g/mol. The van der Waals surface area contributed by atoms with Crippen LogP contribution >= 0.6 is 15.9 Å².